The zero-order valence-corrected chi connectivity index (χ0v) is 8.26. The fourth-order valence-electron chi connectivity index (χ4n) is 0.966. The first-order chi connectivity index (χ1) is 6.19. The molecule has 1 heterocycles. The largest absolute Gasteiger partial charge is 0.274 e. The minimum Gasteiger partial charge on any atom is -0.274 e. The number of hydrogen-bond donors (Lipinski definition) is 0. The van der Waals surface area contributed by atoms with Crippen molar-refractivity contribution in [2.75, 3.05) is 6.26 Å². The molecule has 1 rings (SSSR count). The van der Waals surface area contributed by atoms with E-state index in [1.54, 1.807) is 6.92 Å². The molecular weight excluding hydrogens is 186 g/mol. The smallest absolute Gasteiger partial charge is 0.255 e. The van der Waals surface area contributed by atoms with Crippen LogP contribution in [-0.2, 0) is 6.54 Å². The van der Waals surface area contributed by atoms with Gasteiger partial charge in [-0.05, 0) is 13.2 Å². The van der Waals surface area contributed by atoms with E-state index in [1.807, 2.05) is 12.3 Å². The highest BCUT2D eigenvalue weighted by molar-refractivity contribution is 7.98. The Hall–Kier alpha value is -1.28. The second-order valence-corrected chi connectivity index (χ2v) is 3.24. The Kier molecular flexibility index (Phi) is 3.09. The lowest BCUT2D eigenvalue weighted by atomic mass is 10.4. The number of nitrogens with zero attached hydrogens (tertiary/aromatic N) is 3. The van der Waals surface area contributed by atoms with Gasteiger partial charge in [-0.1, -0.05) is 11.8 Å². The summed E-state index contributed by atoms with van der Waals surface area (Å²) in [7, 11) is 0. The van der Waals surface area contributed by atoms with Gasteiger partial charge in [0.1, 0.15) is 6.54 Å². The van der Waals surface area contributed by atoms with Crippen LogP contribution in [0, 0.1) is 18.3 Å². The third-order valence-electron chi connectivity index (χ3n) is 1.51. The number of aryl methyl sites for hydroxylation is 1. The Morgan fingerprint density at radius 3 is 3.00 bits per heavy atom. The minimum absolute atomic E-state index is 0.0578. The first-order valence-electron chi connectivity index (χ1n) is 3.68. The zero-order chi connectivity index (χ0) is 9.84. The lowest BCUT2D eigenvalue weighted by Gasteiger charge is -2.05. The van der Waals surface area contributed by atoms with Gasteiger partial charge in [-0.2, -0.15) is 5.26 Å². The van der Waals surface area contributed by atoms with Crippen molar-refractivity contribution in [1.82, 2.24) is 9.55 Å². The quantitative estimate of drug-likeness (QED) is 0.517. The summed E-state index contributed by atoms with van der Waals surface area (Å²) in [5.74, 6) is 0. The van der Waals surface area contributed by atoms with Gasteiger partial charge in [0.25, 0.3) is 5.56 Å². The van der Waals surface area contributed by atoms with Crippen LogP contribution < -0.4 is 5.56 Å². The third-order valence-corrected chi connectivity index (χ3v) is 2.19. The molecule has 0 spiro atoms. The van der Waals surface area contributed by atoms with Crippen molar-refractivity contribution in [3.05, 3.63) is 22.1 Å². The van der Waals surface area contributed by atoms with Crippen molar-refractivity contribution in [2.24, 2.45) is 0 Å². The number of hydrogen-bond acceptors (Lipinski definition) is 4. The van der Waals surface area contributed by atoms with Gasteiger partial charge in [0.15, 0.2) is 5.16 Å². The summed E-state index contributed by atoms with van der Waals surface area (Å²) in [6.07, 6.45) is 1.83. The Balaban J connectivity index is 3.32. The molecule has 0 aliphatic rings. The predicted molar refractivity (Wildman–Crippen MR) is 50.6 cm³/mol. The van der Waals surface area contributed by atoms with E-state index < -0.39 is 0 Å². The van der Waals surface area contributed by atoms with E-state index in [1.165, 1.54) is 22.4 Å². The van der Waals surface area contributed by atoms with Crippen LogP contribution in [0.2, 0.25) is 0 Å². The van der Waals surface area contributed by atoms with Crippen molar-refractivity contribution in [2.45, 2.75) is 18.6 Å². The number of rotatable bonds is 2. The molecule has 0 unspecified atom stereocenters. The second-order valence-electron chi connectivity index (χ2n) is 2.47. The number of nitriles is 1. The normalized spacial score (nSPS) is 9.62. The van der Waals surface area contributed by atoms with E-state index in [0.29, 0.717) is 10.9 Å². The van der Waals surface area contributed by atoms with Gasteiger partial charge in [-0.25, -0.2) is 4.98 Å². The first kappa shape index (κ1) is 9.81. The molecule has 0 fully saturated rings. The molecule has 4 nitrogen and oxygen atoms in total. The van der Waals surface area contributed by atoms with E-state index in [4.69, 9.17) is 5.26 Å². The van der Waals surface area contributed by atoms with E-state index in [9.17, 15) is 4.79 Å². The standard InChI is InChI=1S/C8H9N3OS/c1-6-5-7(12)11(4-3-9)8(10-6)13-2/h5H,4H2,1-2H3. The lowest BCUT2D eigenvalue weighted by Crippen LogP contribution is -2.22. The molecule has 68 valence electrons. The predicted octanol–water partition coefficient (Wildman–Crippen LogP) is 0.797. The Morgan fingerprint density at radius 2 is 2.46 bits per heavy atom. The summed E-state index contributed by atoms with van der Waals surface area (Å²) in [6, 6.07) is 3.36. The van der Waals surface area contributed by atoms with Crippen LogP contribution in [0.1, 0.15) is 5.69 Å². The van der Waals surface area contributed by atoms with Crippen LogP contribution in [0.25, 0.3) is 0 Å². The zero-order valence-electron chi connectivity index (χ0n) is 7.44. The minimum atomic E-state index is -0.168. The van der Waals surface area contributed by atoms with Gasteiger partial charge in [0.2, 0.25) is 0 Å². The molecular formula is C8H9N3OS. The molecule has 1 aromatic rings. The van der Waals surface area contributed by atoms with Crippen molar-refractivity contribution < 1.29 is 0 Å². The van der Waals surface area contributed by atoms with E-state index in [-0.39, 0.29) is 12.1 Å². The summed E-state index contributed by atoms with van der Waals surface area (Å²) < 4.78 is 1.36. The fraction of sp³-hybridized carbons (Fsp3) is 0.375. The molecule has 0 aromatic carbocycles. The van der Waals surface area contributed by atoms with E-state index >= 15 is 0 Å². The highest BCUT2D eigenvalue weighted by atomic mass is 32.2. The molecule has 0 saturated heterocycles. The molecule has 1 aromatic heterocycles. The van der Waals surface area contributed by atoms with Gasteiger partial charge in [-0.15, -0.1) is 0 Å². The molecule has 0 aliphatic carbocycles. The molecule has 0 saturated carbocycles. The number of thioether (sulfide) groups is 1. The third kappa shape index (κ3) is 2.10. The van der Waals surface area contributed by atoms with Crippen LogP contribution in [0.3, 0.4) is 0 Å². The highest BCUT2D eigenvalue weighted by Gasteiger charge is 2.04. The molecule has 13 heavy (non-hydrogen) atoms. The summed E-state index contributed by atoms with van der Waals surface area (Å²) in [5, 5.41) is 9.08. The van der Waals surface area contributed by atoms with Gasteiger partial charge in [-0.3, -0.25) is 9.36 Å². The Morgan fingerprint density at radius 1 is 1.77 bits per heavy atom. The van der Waals surface area contributed by atoms with Crippen molar-refractivity contribution in [3.63, 3.8) is 0 Å². The summed E-state index contributed by atoms with van der Waals surface area (Å²) in [5.41, 5.74) is 0.516. The van der Waals surface area contributed by atoms with Crippen LogP contribution in [0.15, 0.2) is 16.0 Å². The van der Waals surface area contributed by atoms with Crippen LogP contribution in [0.4, 0.5) is 0 Å². The Labute approximate surface area is 80.2 Å². The van der Waals surface area contributed by atoms with E-state index in [0.717, 1.165) is 0 Å². The van der Waals surface area contributed by atoms with Crippen molar-refractivity contribution in [3.8, 4) is 6.07 Å². The van der Waals surface area contributed by atoms with Crippen molar-refractivity contribution >= 4 is 11.8 Å². The maximum Gasteiger partial charge on any atom is 0.255 e. The maximum atomic E-state index is 11.4. The summed E-state index contributed by atoms with van der Waals surface area (Å²) in [6.45, 7) is 1.82. The van der Waals surface area contributed by atoms with Gasteiger partial charge in [0.05, 0.1) is 6.07 Å². The molecule has 0 bridgehead atoms. The van der Waals surface area contributed by atoms with E-state index in [2.05, 4.69) is 4.98 Å². The van der Waals surface area contributed by atoms with Gasteiger partial charge < -0.3 is 0 Å². The SMILES string of the molecule is CSc1nc(C)cc(=O)n1CC#N. The van der Waals surface area contributed by atoms with Crippen LogP contribution in [-0.4, -0.2) is 15.8 Å². The fourth-order valence-corrected chi connectivity index (χ4v) is 1.58. The number of aromatic nitrogens is 2. The maximum absolute atomic E-state index is 11.4. The average molecular weight is 195 g/mol. The summed E-state index contributed by atoms with van der Waals surface area (Å²) >= 11 is 1.36. The average Bonchev–Trinajstić information content (AvgIpc) is 2.09. The van der Waals surface area contributed by atoms with Crippen molar-refractivity contribution in [1.29, 1.82) is 5.26 Å². The van der Waals surface area contributed by atoms with Crippen LogP contribution >= 0.6 is 11.8 Å². The molecule has 5 heteroatoms. The molecule has 0 radical (unpaired) electrons. The Bertz CT molecular complexity index is 405. The topological polar surface area (TPSA) is 58.7 Å². The molecule has 0 amide bonds. The molecule has 0 atom stereocenters. The highest BCUT2D eigenvalue weighted by Crippen LogP contribution is 2.09. The monoisotopic (exact) mass is 195 g/mol. The lowest BCUT2D eigenvalue weighted by molar-refractivity contribution is 0.657. The summed E-state index contributed by atoms with van der Waals surface area (Å²) in [4.78, 5) is 15.5. The first-order valence-corrected chi connectivity index (χ1v) is 4.91. The van der Waals surface area contributed by atoms with Crippen LogP contribution in [0.5, 0.6) is 0 Å². The van der Waals surface area contributed by atoms with Gasteiger partial charge in [0, 0.05) is 11.8 Å². The second kappa shape index (κ2) is 4.10. The molecule has 0 N–H and O–H groups in total. The van der Waals surface area contributed by atoms with Gasteiger partial charge >= 0.3 is 0 Å². The molecule has 0 aliphatic heterocycles.